The molecule has 0 fully saturated rings. The summed E-state index contributed by atoms with van der Waals surface area (Å²) in [4.78, 5) is 0. The molecule has 0 aliphatic rings. The molecule has 0 saturated carbocycles. The number of hydrogen-bond donors (Lipinski definition) is 0. The van der Waals surface area contributed by atoms with E-state index in [-0.39, 0.29) is 5.41 Å². The lowest BCUT2D eigenvalue weighted by Gasteiger charge is -2.19. The molecule has 0 amide bonds. The zero-order valence-electron chi connectivity index (χ0n) is 11.5. The predicted molar refractivity (Wildman–Crippen MR) is 73.7 cm³/mol. The summed E-state index contributed by atoms with van der Waals surface area (Å²) in [5.74, 6) is 0. The largest absolute Gasteiger partial charge is 0.0701 e. The van der Waals surface area contributed by atoms with E-state index in [4.69, 9.17) is 0 Å². The molecule has 0 aliphatic heterocycles. The molecule has 0 atom stereocenters. The average molecular weight is 216 g/mol. The quantitative estimate of drug-likeness (QED) is 0.638. The Morgan fingerprint density at radius 2 is 1.50 bits per heavy atom. The summed E-state index contributed by atoms with van der Waals surface area (Å²) in [5.41, 5.74) is 5.90. The molecule has 0 nitrogen and oxygen atoms in total. The molecular formula is C16H24. The Labute approximate surface area is 100 Å². The zero-order chi connectivity index (χ0) is 12.3. The summed E-state index contributed by atoms with van der Waals surface area (Å²) >= 11 is 0. The fourth-order valence-corrected chi connectivity index (χ4v) is 1.73. The van der Waals surface area contributed by atoms with Gasteiger partial charge in [-0.1, -0.05) is 57.5 Å². The van der Waals surface area contributed by atoms with Crippen LogP contribution in [0.4, 0.5) is 0 Å². The van der Waals surface area contributed by atoms with E-state index < -0.39 is 0 Å². The molecule has 0 radical (unpaired) electrons. The maximum absolute atomic E-state index is 2.25. The molecule has 0 saturated heterocycles. The Kier molecular flexibility index (Phi) is 3.96. The van der Waals surface area contributed by atoms with Crippen molar-refractivity contribution in [3.63, 3.8) is 0 Å². The van der Waals surface area contributed by atoms with E-state index in [1.165, 1.54) is 22.3 Å². The maximum Gasteiger partial charge on any atom is -0.0132 e. The summed E-state index contributed by atoms with van der Waals surface area (Å²) in [6, 6.07) is 8.99. The van der Waals surface area contributed by atoms with Crippen LogP contribution in [0.2, 0.25) is 0 Å². The topological polar surface area (TPSA) is 0 Å². The summed E-state index contributed by atoms with van der Waals surface area (Å²) in [6.45, 7) is 13.4. The van der Waals surface area contributed by atoms with Crippen molar-refractivity contribution in [2.45, 2.75) is 53.4 Å². The van der Waals surface area contributed by atoms with Crippen molar-refractivity contribution in [2.75, 3.05) is 0 Å². The highest BCUT2D eigenvalue weighted by Gasteiger charge is 2.12. The summed E-state index contributed by atoms with van der Waals surface area (Å²) in [5, 5.41) is 0. The van der Waals surface area contributed by atoms with E-state index in [9.17, 15) is 0 Å². The van der Waals surface area contributed by atoms with Crippen molar-refractivity contribution < 1.29 is 0 Å². The van der Waals surface area contributed by atoms with Crippen LogP contribution < -0.4 is 0 Å². The van der Waals surface area contributed by atoms with Crippen LogP contribution >= 0.6 is 0 Å². The number of hydrogen-bond acceptors (Lipinski definition) is 0. The second kappa shape index (κ2) is 4.86. The zero-order valence-corrected chi connectivity index (χ0v) is 11.5. The molecule has 0 spiro atoms. The maximum atomic E-state index is 2.25. The van der Waals surface area contributed by atoms with Crippen LogP contribution in [-0.2, 0) is 5.41 Å². The molecule has 88 valence electrons. The minimum Gasteiger partial charge on any atom is -0.0701 e. The summed E-state index contributed by atoms with van der Waals surface area (Å²) in [7, 11) is 0. The van der Waals surface area contributed by atoms with Crippen LogP contribution in [0.1, 0.15) is 59.1 Å². The van der Waals surface area contributed by atoms with Crippen LogP contribution in [0.5, 0.6) is 0 Å². The van der Waals surface area contributed by atoms with Gasteiger partial charge in [-0.25, -0.2) is 0 Å². The normalized spacial score (nSPS) is 13.6. The third kappa shape index (κ3) is 2.98. The predicted octanol–water partition coefficient (Wildman–Crippen LogP) is 5.19. The van der Waals surface area contributed by atoms with Gasteiger partial charge in [-0.05, 0) is 42.4 Å². The Bertz CT molecular complexity index is 371. The van der Waals surface area contributed by atoms with Crippen LogP contribution in [-0.4, -0.2) is 0 Å². The van der Waals surface area contributed by atoms with Gasteiger partial charge in [-0.15, -0.1) is 0 Å². The van der Waals surface area contributed by atoms with Gasteiger partial charge in [0.15, 0.2) is 0 Å². The second-order valence-corrected chi connectivity index (χ2v) is 5.59. The third-order valence-electron chi connectivity index (χ3n) is 3.35. The first kappa shape index (κ1) is 13.0. The first-order chi connectivity index (χ1) is 7.36. The van der Waals surface area contributed by atoms with Gasteiger partial charge in [0.2, 0.25) is 0 Å². The van der Waals surface area contributed by atoms with Crippen molar-refractivity contribution in [1.82, 2.24) is 0 Å². The molecule has 0 N–H and O–H groups in total. The van der Waals surface area contributed by atoms with Crippen molar-refractivity contribution >= 4 is 5.57 Å². The van der Waals surface area contributed by atoms with E-state index in [1.807, 2.05) is 0 Å². The fourth-order valence-electron chi connectivity index (χ4n) is 1.73. The molecule has 0 bridgehead atoms. The lowest BCUT2D eigenvalue weighted by molar-refractivity contribution is 0.590. The number of allylic oxidation sites excluding steroid dienone is 2. The molecule has 0 aliphatic carbocycles. The minimum absolute atomic E-state index is 0.246. The third-order valence-corrected chi connectivity index (χ3v) is 3.35. The molecule has 1 aromatic carbocycles. The van der Waals surface area contributed by atoms with Crippen molar-refractivity contribution in [3.8, 4) is 0 Å². The summed E-state index contributed by atoms with van der Waals surface area (Å²) in [6.07, 6.45) is 1.13. The van der Waals surface area contributed by atoms with Gasteiger partial charge >= 0.3 is 0 Å². The Morgan fingerprint density at radius 3 is 1.88 bits per heavy atom. The molecule has 1 rings (SSSR count). The number of benzene rings is 1. The highest BCUT2D eigenvalue weighted by Crippen LogP contribution is 2.25. The smallest absolute Gasteiger partial charge is 0.0132 e. The van der Waals surface area contributed by atoms with Crippen LogP contribution in [0.3, 0.4) is 0 Å². The molecule has 16 heavy (non-hydrogen) atoms. The molecule has 1 aromatic rings. The Hall–Kier alpha value is -1.04. The van der Waals surface area contributed by atoms with Crippen LogP contribution in [0.15, 0.2) is 29.8 Å². The van der Waals surface area contributed by atoms with E-state index in [2.05, 4.69) is 65.8 Å². The van der Waals surface area contributed by atoms with Crippen LogP contribution in [0.25, 0.3) is 5.57 Å². The molecular weight excluding hydrogens is 192 g/mol. The average Bonchev–Trinajstić information content (AvgIpc) is 2.26. The summed E-state index contributed by atoms with van der Waals surface area (Å²) < 4.78 is 0. The highest BCUT2D eigenvalue weighted by molar-refractivity contribution is 5.66. The molecule has 0 heteroatoms. The Morgan fingerprint density at radius 1 is 1.00 bits per heavy atom. The van der Waals surface area contributed by atoms with E-state index in [1.54, 1.807) is 0 Å². The minimum atomic E-state index is 0.246. The van der Waals surface area contributed by atoms with Gasteiger partial charge in [-0.3, -0.25) is 0 Å². The van der Waals surface area contributed by atoms with Crippen molar-refractivity contribution in [3.05, 3.63) is 41.0 Å². The van der Waals surface area contributed by atoms with E-state index in [0.29, 0.717) is 0 Å². The number of rotatable bonds is 2. The molecule has 0 aromatic heterocycles. The van der Waals surface area contributed by atoms with Gasteiger partial charge < -0.3 is 0 Å². The Balaban J connectivity index is 3.05. The van der Waals surface area contributed by atoms with Crippen molar-refractivity contribution in [1.29, 1.82) is 0 Å². The van der Waals surface area contributed by atoms with Crippen LogP contribution in [0, 0.1) is 0 Å². The fraction of sp³-hybridized carbons (Fsp3) is 0.500. The van der Waals surface area contributed by atoms with Gasteiger partial charge in [0, 0.05) is 0 Å². The second-order valence-electron chi connectivity index (χ2n) is 5.59. The van der Waals surface area contributed by atoms with Gasteiger partial charge in [0.05, 0.1) is 0 Å². The van der Waals surface area contributed by atoms with Gasteiger partial charge in [0.1, 0.15) is 0 Å². The molecule has 0 heterocycles. The lowest BCUT2D eigenvalue weighted by Crippen LogP contribution is -2.10. The first-order valence-electron chi connectivity index (χ1n) is 6.13. The standard InChI is InChI=1S/C16H24/c1-7-12(2)13(3)14-8-10-15(11-9-14)16(4,5)6/h8-11H,7H2,1-6H3. The first-order valence-corrected chi connectivity index (χ1v) is 6.13. The van der Waals surface area contributed by atoms with Crippen molar-refractivity contribution in [2.24, 2.45) is 0 Å². The highest BCUT2D eigenvalue weighted by atomic mass is 14.2. The van der Waals surface area contributed by atoms with E-state index in [0.717, 1.165) is 6.42 Å². The van der Waals surface area contributed by atoms with Gasteiger partial charge in [-0.2, -0.15) is 0 Å². The molecule has 0 unspecified atom stereocenters. The lowest BCUT2D eigenvalue weighted by atomic mass is 9.86. The monoisotopic (exact) mass is 216 g/mol. The van der Waals surface area contributed by atoms with E-state index >= 15 is 0 Å². The SMILES string of the molecule is CCC(C)=C(C)c1ccc(C(C)(C)C)cc1. The van der Waals surface area contributed by atoms with Gasteiger partial charge in [0.25, 0.3) is 0 Å².